The van der Waals surface area contributed by atoms with Gasteiger partial charge in [0.05, 0.1) is 21.7 Å². The first-order chi connectivity index (χ1) is 17.6. The van der Waals surface area contributed by atoms with E-state index >= 15 is 0 Å². The van der Waals surface area contributed by atoms with Crippen LogP contribution in [0.3, 0.4) is 0 Å². The second-order valence-corrected chi connectivity index (χ2v) is 13.5. The Bertz CT molecular complexity index is 1590. The number of halogens is 1. The van der Waals surface area contributed by atoms with Crippen molar-refractivity contribution < 1.29 is 8.42 Å². The number of hydrogen-bond donors (Lipinski definition) is 1. The van der Waals surface area contributed by atoms with Crippen LogP contribution >= 0.6 is 23.4 Å². The molecule has 2 aliphatic heterocycles. The number of sulfonamides is 1. The average molecular weight is 561 g/mol. The van der Waals surface area contributed by atoms with Crippen LogP contribution in [-0.4, -0.2) is 75.3 Å². The van der Waals surface area contributed by atoms with Crippen molar-refractivity contribution in [2.75, 3.05) is 37.3 Å². The largest absolute Gasteiger partial charge is 0.342 e. The molecule has 3 aromatic heterocycles. The minimum atomic E-state index is -3.22. The molecule has 2 saturated heterocycles. The molecule has 10 nitrogen and oxygen atoms in total. The Kier molecular flexibility index (Phi) is 6.15. The zero-order valence-corrected chi connectivity index (χ0v) is 23.1. The predicted octanol–water partition coefficient (Wildman–Crippen LogP) is 3.00. The summed E-state index contributed by atoms with van der Waals surface area (Å²) in [5.41, 5.74) is 8.21. The lowest BCUT2D eigenvalue weighted by Crippen LogP contribution is -2.59. The van der Waals surface area contributed by atoms with Gasteiger partial charge in [-0.15, -0.1) is 0 Å². The lowest BCUT2D eigenvalue weighted by Gasteiger charge is -2.50. The van der Waals surface area contributed by atoms with Crippen molar-refractivity contribution in [1.82, 2.24) is 28.5 Å². The number of fused-ring (bicyclic) bond motifs is 2. The Morgan fingerprint density at radius 2 is 1.89 bits per heavy atom. The minimum Gasteiger partial charge on any atom is -0.342 e. The Labute approximate surface area is 224 Å². The van der Waals surface area contributed by atoms with Crippen LogP contribution in [0.2, 0.25) is 5.02 Å². The Balaban J connectivity index is 1.22. The van der Waals surface area contributed by atoms with Crippen LogP contribution in [0.5, 0.6) is 0 Å². The van der Waals surface area contributed by atoms with Gasteiger partial charge in [0, 0.05) is 74.3 Å². The maximum atomic E-state index is 12.0. The van der Waals surface area contributed by atoms with Crippen molar-refractivity contribution in [3.05, 3.63) is 41.9 Å². The third-order valence-electron chi connectivity index (χ3n) is 7.85. The third-order valence-corrected chi connectivity index (χ3v) is 10.7. The molecule has 0 saturated carbocycles. The van der Waals surface area contributed by atoms with Crippen molar-refractivity contribution in [2.24, 2.45) is 18.2 Å². The summed E-state index contributed by atoms with van der Waals surface area (Å²) in [6.45, 7) is 2.55. The van der Waals surface area contributed by atoms with E-state index < -0.39 is 10.0 Å². The average Bonchev–Trinajstić information content (AvgIpc) is 3.50. The fourth-order valence-electron chi connectivity index (χ4n) is 5.66. The lowest BCUT2D eigenvalue weighted by molar-refractivity contribution is 0.0906. The van der Waals surface area contributed by atoms with E-state index in [-0.39, 0.29) is 11.5 Å². The Morgan fingerprint density at radius 1 is 1.14 bits per heavy atom. The van der Waals surface area contributed by atoms with E-state index in [1.165, 1.54) is 10.6 Å². The SMILES string of the molecule is Cn1cc2c(Cl)c(Sc3cnc(N4CCC5(CC4)CCN(S(C)(=O)=O)CC5N)n4ccnc34)ccc2n1. The molecule has 0 bridgehead atoms. The van der Waals surface area contributed by atoms with Gasteiger partial charge in [-0.2, -0.15) is 5.10 Å². The van der Waals surface area contributed by atoms with E-state index in [0.29, 0.717) is 18.1 Å². The molecule has 2 aliphatic rings. The molecule has 196 valence electrons. The summed E-state index contributed by atoms with van der Waals surface area (Å²) in [5.74, 6) is 0.850. The van der Waals surface area contributed by atoms with Gasteiger partial charge in [-0.1, -0.05) is 23.4 Å². The highest BCUT2D eigenvalue weighted by Gasteiger charge is 2.45. The van der Waals surface area contributed by atoms with Gasteiger partial charge in [-0.05, 0) is 36.8 Å². The van der Waals surface area contributed by atoms with E-state index in [9.17, 15) is 8.42 Å². The first-order valence-electron chi connectivity index (χ1n) is 12.2. The molecule has 5 heterocycles. The van der Waals surface area contributed by atoms with E-state index in [1.54, 1.807) is 22.6 Å². The molecule has 37 heavy (non-hydrogen) atoms. The zero-order valence-electron chi connectivity index (χ0n) is 20.7. The Hall–Kier alpha value is -2.38. The molecule has 4 aromatic rings. The van der Waals surface area contributed by atoms with Gasteiger partial charge in [0.15, 0.2) is 5.65 Å². The fraction of sp³-hybridized carbons (Fsp3) is 0.458. The predicted molar refractivity (Wildman–Crippen MR) is 146 cm³/mol. The molecule has 1 spiro atoms. The fourth-order valence-corrected chi connectivity index (χ4v) is 7.76. The maximum absolute atomic E-state index is 12.0. The van der Waals surface area contributed by atoms with Gasteiger partial charge < -0.3 is 10.6 Å². The highest BCUT2D eigenvalue weighted by Crippen LogP contribution is 2.43. The van der Waals surface area contributed by atoms with Crippen LogP contribution < -0.4 is 10.6 Å². The molecule has 1 atom stereocenters. The monoisotopic (exact) mass is 560 g/mol. The first kappa shape index (κ1) is 24.9. The molecular formula is C24H29ClN8O2S2. The van der Waals surface area contributed by atoms with E-state index in [4.69, 9.17) is 22.3 Å². The second-order valence-electron chi connectivity index (χ2n) is 10.1. The summed E-state index contributed by atoms with van der Waals surface area (Å²) in [4.78, 5) is 13.6. The molecule has 6 rings (SSSR count). The number of aryl methyl sites for hydroxylation is 1. The van der Waals surface area contributed by atoms with E-state index in [0.717, 1.165) is 64.6 Å². The van der Waals surface area contributed by atoms with E-state index in [1.807, 2.05) is 42.2 Å². The van der Waals surface area contributed by atoms with Crippen LogP contribution in [-0.2, 0) is 17.1 Å². The number of aromatic nitrogens is 5. The number of hydrogen-bond acceptors (Lipinski definition) is 8. The summed E-state index contributed by atoms with van der Waals surface area (Å²) in [6, 6.07) is 3.79. The van der Waals surface area contributed by atoms with Crippen LogP contribution in [0.15, 0.2) is 46.7 Å². The van der Waals surface area contributed by atoms with Crippen molar-refractivity contribution in [3.8, 4) is 0 Å². The van der Waals surface area contributed by atoms with Gasteiger partial charge in [-0.25, -0.2) is 22.7 Å². The summed E-state index contributed by atoms with van der Waals surface area (Å²) in [7, 11) is -1.33. The number of imidazole rings is 1. The molecule has 2 fully saturated rings. The van der Waals surface area contributed by atoms with Gasteiger partial charge in [0.25, 0.3) is 0 Å². The zero-order chi connectivity index (χ0) is 25.9. The van der Waals surface area contributed by atoms with Crippen molar-refractivity contribution in [1.29, 1.82) is 0 Å². The van der Waals surface area contributed by atoms with Gasteiger partial charge in [-0.3, -0.25) is 9.08 Å². The van der Waals surface area contributed by atoms with Crippen molar-refractivity contribution >= 4 is 55.9 Å². The molecule has 0 aliphatic carbocycles. The molecular weight excluding hydrogens is 532 g/mol. The lowest BCUT2D eigenvalue weighted by atomic mass is 9.68. The van der Waals surface area contributed by atoms with Crippen LogP contribution in [0.1, 0.15) is 19.3 Å². The van der Waals surface area contributed by atoms with Crippen molar-refractivity contribution in [3.63, 3.8) is 0 Å². The van der Waals surface area contributed by atoms with Crippen LogP contribution in [0.25, 0.3) is 16.6 Å². The summed E-state index contributed by atoms with van der Waals surface area (Å²) >= 11 is 8.27. The molecule has 0 radical (unpaired) electrons. The maximum Gasteiger partial charge on any atom is 0.211 e. The number of benzene rings is 1. The second kappa shape index (κ2) is 9.12. The normalized spacial score (nSPS) is 20.9. The summed E-state index contributed by atoms with van der Waals surface area (Å²) in [6.07, 6.45) is 11.4. The van der Waals surface area contributed by atoms with Crippen LogP contribution in [0, 0.1) is 5.41 Å². The smallest absolute Gasteiger partial charge is 0.211 e. The summed E-state index contributed by atoms with van der Waals surface area (Å²) in [5, 5.41) is 6.02. The Morgan fingerprint density at radius 3 is 2.62 bits per heavy atom. The molecule has 1 aromatic carbocycles. The summed E-state index contributed by atoms with van der Waals surface area (Å²) < 4.78 is 29.3. The number of anilines is 1. The minimum absolute atomic E-state index is 0.0385. The standard InChI is InChI=1S/C24H29ClN8O2S2/c1-30-14-16-17(29-30)3-4-18(21(16)25)36-19-13-28-23(33-12-8-27-22(19)33)31-9-5-24(6-10-31)7-11-32(15-20(24)26)37(2,34)35/h3-4,8,12-14,20H,5-7,9-11,15,26H2,1-2H3. The topological polar surface area (TPSA) is 115 Å². The molecule has 1 unspecified atom stereocenters. The number of nitrogens with two attached hydrogens (primary N) is 1. The van der Waals surface area contributed by atoms with Crippen LogP contribution in [0.4, 0.5) is 5.95 Å². The highest BCUT2D eigenvalue weighted by molar-refractivity contribution is 7.99. The number of nitrogens with zero attached hydrogens (tertiary/aromatic N) is 7. The first-order valence-corrected chi connectivity index (χ1v) is 15.3. The van der Waals surface area contributed by atoms with E-state index in [2.05, 4.69) is 15.0 Å². The highest BCUT2D eigenvalue weighted by atomic mass is 35.5. The molecule has 13 heteroatoms. The molecule has 0 amide bonds. The number of piperidine rings is 2. The third kappa shape index (κ3) is 4.38. The van der Waals surface area contributed by atoms with Gasteiger partial charge >= 0.3 is 0 Å². The molecule has 2 N–H and O–H groups in total. The van der Waals surface area contributed by atoms with Crippen molar-refractivity contribution in [2.45, 2.75) is 35.1 Å². The van der Waals surface area contributed by atoms with Gasteiger partial charge in [0.1, 0.15) is 0 Å². The van der Waals surface area contributed by atoms with Gasteiger partial charge in [0.2, 0.25) is 16.0 Å². The number of rotatable bonds is 4. The quantitative estimate of drug-likeness (QED) is 0.405.